The molecule has 1 atom stereocenters. The maximum Gasteiger partial charge on any atom is 0.241 e. The van der Waals surface area contributed by atoms with Gasteiger partial charge in [0.25, 0.3) is 0 Å². The van der Waals surface area contributed by atoms with Crippen molar-refractivity contribution in [2.45, 2.75) is 27.2 Å². The average molecular weight is 261 g/mol. The van der Waals surface area contributed by atoms with Gasteiger partial charge in [-0.2, -0.15) is 0 Å². The normalized spacial score (nSPS) is 18.9. The zero-order valence-corrected chi connectivity index (χ0v) is 11.9. The maximum absolute atomic E-state index is 11.8. The lowest BCUT2D eigenvalue weighted by Gasteiger charge is -2.39. The van der Waals surface area contributed by atoms with E-state index >= 15 is 0 Å². The largest absolute Gasteiger partial charge is 0.370 e. The van der Waals surface area contributed by atoms with Gasteiger partial charge in [0, 0.05) is 18.8 Å². The molecule has 0 saturated carbocycles. The number of nitrogens with one attached hydrogen (secondary N) is 1. The third-order valence-corrected chi connectivity index (χ3v) is 3.76. The van der Waals surface area contributed by atoms with Gasteiger partial charge in [-0.1, -0.05) is 25.1 Å². The Morgan fingerprint density at radius 3 is 2.84 bits per heavy atom. The van der Waals surface area contributed by atoms with Crippen LogP contribution in [0.25, 0.3) is 0 Å². The van der Waals surface area contributed by atoms with E-state index in [9.17, 15) is 4.79 Å². The lowest BCUT2D eigenvalue weighted by Crippen LogP contribution is -2.49. The monoisotopic (exact) mass is 261 g/mol. The third kappa shape index (κ3) is 2.89. The van der Waals surface area contributed by atoms with Crippen LogP contribution in [0.4, 0.5) is 5.69 Å². The summed E-state index contributed by atoms with van der Waals surface area (Å²) in [5, 5.41) is 0. The van der Waals surface area contributed by atoms with E-state index < -0.39 is 5.41 Å². The van der Waals surface area contributed by atoms with Crippen LogP contribution >= 0.6 is 0 Å². The minimum atomic E-state index is -0.501. The zero-order chi connectivity index (χ0) is 14.0. The van der Waals surface area contributed by atoms with Gasteiger partial charge >= 0.3 is 0 Å². The fourth-order valence-electron chi connectivity index (χ4n) is 2.80. The molecule has 0 radical (unpaired) electrons. The van der Waals surface area contributed by atoms with E-state index in [0.29, 0.717) is 12.5 Å². The number of hydrogen-bond donors (Lipinski definition) is 2. The van der Waals surface area contributed by atoms with Gasteiger partial charge in [-0.15, -0.1) is 0 Å². The summed E-state index contributed by atoms with van der Waals surface area (Å²) < 4.78 is 0. The minimum Gasteiger partial charge on any atom is -0.370 e. The molecule has 2 rings (SSSR count). The molecule has 4 heteroatoms. The van der Waals surface area contributed by atoms with Gasteiger partial charge in [-0.25, -0.2) is 5.84 Å². The highest BCUT2D eigenvalue weighted by Gasteiger charge is 2.32. The number of hydrazine groups is 1. The molecule has 0 aliphatic carbocycles. The Labute approximate surface area is 114 Å². The van der Waals surface area contributed by atoms with Crippen LogP contribution < -0.4 is 16.2 Å². The van der Waals surface area contributed by atoms with Crippen LogP contribution in [0.2, 0.25) is 0 Å². The van der Waals surface area contributed by atoms with Crippen LogP contribution in [0.3, 0.4) is 0 Å². The summed E-state index contributed by atoms with van der Waals surface area (Å²) in [5.41, 5.74) is 4.38. The number of hydrogen-bond acceptors (Lipinski definition) is 3. The number of carbonyl (C=O) groups is 1. The van der Waals surface area contributed by atoms with Crippen molar-refractivity contribution < 1.29 is 4.79 Å². The van der Waals surface area contributed by atoms with Crippen molar-refractivity contribution in [1.82, 2.24) is 5.43 Å². The number of amides is 1. The Morgan fingerprint density at radius 1 is 1.47 bits per heavy atom. The van der Waals surface area contributed by atoms with Crippen molar-refractivity contribution in [3.63, 3.8) is 0 Å². The predicted octanol–water partition coefficient (Wildman–Crippen LogP) is 1.70. The number of anilines is 1. The molecule has 0 bridgehead atoms. The second-order valence-corrected chi connectivity index (χ2v) is 6.18. The molecule has 104 valence electrons. The number of nitrogens with zero attached hydrogens (tertiary/aromatic N) is 1. The Bertz CT molecular complexity index is 470. The quantitative estimate of drug-likeness (QED) is 0.494. The lowest BCUT2D eigenvalue weighted by molar-refractivity contribution is -0.129. The number of rotatable bonds is 3. The highest BCUT2D eigenvalue weighted by atomic mass is 16.2. The molecule has 0 fully saturated rings. The second kappa shape index (κ2) is 5.21. The number of carbonyl (C=O) groups excluding carboxylic acids is 1. The van der Waals surface area contributed by atoms with Gasteiger partial charge in [0.15, 0.2) is 0 Å². The van der Waals surface area contributed by atoms with Crippen molar-refractivity contribution in [3.8, 4) is 0 Å². The Hall–Kier alpha value is -1.55. The summed E-state index contributed by atoms with van der Waals surface area (Å²) in [6.45, 7) is 7.77. The molecule has 1 heterocycles. The first-order chi connectivity index (χ1) is 8.94. The predicted molar refractivity (Wildman–Crippen MR) is 77.6 cm³/mol. The number of para-hydroxylation sites is 1. The minimum absolute atomic E-state index is 0.122. The number of nitrogens with two attached hydrogens (primary N) is 1. The van der Waals surface area contributed by atoms with Crippen LogP contribution in [-0.2, 0) is 11.2 Å². The number of benzene rings is 1. The highest BCUT2D eigenvalue weighted by molar-refractivity contribution is 5.82. The van der Waals surface area contributed by atoms with Crippen molar-refractivity contribution in [2.24, 2.45) is 17.2 Å². The molecule has 4 nitrogen and oxygen atoms in total. The van der Waals surface area contributed by atoms with Crippen LogP contribution in [0.15, 0.2) is 24.3 Å². The van der Waals surface area contributed by atoms with Crippen LogP contribution in [0.5, 0.6) is 0 Å². The van der Waals surface area contributed by atoms with Crippen LogP contribution in [0.1, 0.15) is 26.3 Å². The standard InChI is InChI=1S/C15H23N3O/c1-11-8-12-6-4-5-7-13(12)18(9-11)10-15(2,3)14(19)17-16/h4-7,11H,8-10,16H2,1-3H3,(H,17,19). The summed E-state index contributed by atoms with van der Waals surface area (Å²) in [6.07, 6.45) is 1.11. The van der Waals surface area contributed by atoms with E-state index in [4.69, 9.17) is 5.84 Å². The van der Waals surface area contributed by atoms with Gasteiger partial charge in [-0.3, -0.25) is 10.2 Å². The molecule has 0 aromatic heterocycles. The zero-order valence-electron chi connectivity index (χ0n) is 11.9. The topological polar surface area (TPSA) is 58.4 Å². The molecule has 19 heavy (non-hydrogen) atoms. The average Bonchev–Trinajstić information content (AvgIpc) is 2.37. The summed E-state index contributed by atoms with van der Waals surface area (Å²) in [5.74, 6) is 5.75. The first-order valence-corrected chi connectivity index (χ1v) is 6.78. The van der Waals surface area contributed by atoms with Gasteiger partial charge < -0.3 is 4.90 Å². The van der Waals surface area contributed by atoms with E-state index in [1.807, 2.05) is 13.8 Å². The molecule has 1 aliphatic heterocycles. The molecule has 0 spiro atoms. The molecule has 1 aromatic rings. The van der Waals surface area contributed by atoms with Crippen LogP contribution in [0, 0.1) is 11.3 Å². The van der Waals surface area contributed by atoms with E-state index in [1.54, 1.807) is 0 Å². The fraction of sp³-hybridized carbons (Fsp3) is 0.533. The SMILES string of the molecule is CC1Cc2ccccc2N(CC(C)(C)C(=O)NN)C1. The summed E-state index contributed by atoms with van der Waals surface area (Å²) >= 11 is 0. The van der Waals surface area contributed by atoms with Crippen molar-refractivity contribution in [3.05, 3.63) is 29.8 Å². The molecule has 1 aromatic carbocycles. The Balaban J connectivity index is 2.24. The lowest BCUT2D eigenvalue weighted by atomic mass is 9.88. The van der Waals surface area contributed by atoms with Gasteiger partial charge in [0.05, 0.1) is 5.41 Å². The van der Waals surface area contributed by atoms with Crippen molar-refractivity contribution >= 4 is 11.6 Å². The Kier molecular flexibility index (Phi) is 3.80. The van der Waals surface area contributed by atoms with Gasteiger partial charge in [0.2, 0.25) is 5.91 Å². The molecule has 1 aliphatic rings. The van der Waals surface area contributed by atoms with E-state index in [1.165, 1.54) is 11.3 Å². The van der Waals surface area contributed by atoms with Crippen molar-refractivity contribution in [1.29, 1.82) is 0 Å². The molecular formula is C15H23N3O. The smallest absolute Gasteiger partial charge is 0.241 e. The molecule has 3 N–H and O–H groups in total. The maximum atomic E-state index is 11.8. The highest BCUT2D eigenvalue weighted by Crippen LogP contribution is 2.32. The van der Waals surface area contributed by atoms with E-state index in [0.717, 1.165) is 13.0 Å². The van der Waals surface area contributed by atoms with Crippen LogP contribution in [-0.4, -0.2) is 19.0 Å². The van der Waals surface area contributed by atoms with E-state index in [2.05, 4.69) is 41.5 Å². The fourth-order valence-corrected chi connectivity index (χ4v) is 2.80. The third-order valence-electron chi connectivity index (χ3n) is 3.76. The molecular weight excluding hydrogens is 238 g/mol. The molecule has 1 unspecified atom stereocenters. The van der Waals surface area contributed by atoms with Gasteiger partial charge in [-0.05, 0) is 37.8 Å². The molecule has 1 amide bonds. The van der Waals surface area contributed by atoms with Gasteiger partial charge in [0.1, 0.15) is 0 Å². The van der Waals surface area contributed by atoms with Crippen molar-refractivity contribution in [2.75, 3.05) is 18.0 Å². The summed E-state index contributed by atoms with van der Waals surface area (Å²) in [4.78, 5) is 14.1. The van der Waals surface area contributed by atoms with E-state index in [-0.39, 0.29) is 5.91 Å². The summed E-state index contributed by atoms with van der Waals surface area (Å²) in [6, 6.07) is 8.44. The summed E-state index contributed by atoms with van der Waals surface area (Å²) in [7, 11) is 0. The second-order valence-electron chi connectivity index (χ2n) is 6.18. The Morgan fingerprint density at radius 2 is 2.16 bits per heavy atom. The molecule has 0 saturated heterocycles. The first kappa shape index (κ1) is 13.9. The number of fused-ring (bicyclic) bond motifs is 1. The first-order valence-electron chi connectivity index (χ1n) is 6.78.